The zero-order valence-corrected chi connectivity index (χ0v) is 11.5. The number of nitrogens with zero attached hydrogens (tertiary/aromatic N) is 1. The average molecular weight is 256 g/mol. The van der Waals surface area contributed by atoms with Crippen LogP contribution < -0.4 is 10.1 Å². The molecule has 0 radical (unpaired) electrons. The second-order valence-corrected chi connectivity index (χ2v) is 4.60. The molecule has 19 heavy (non-hydrogen) atoms. The molecule has 1 heterocycles. The van der Waals surface area contributed by atoms with Gasteiger partial charge in [0, 0.05) is 18.8 Å². The number of aromatic nitrogens is 1. The van der Waals surface area contributed by atoms with E-state index in [0.29, 0.717) is 5.88 Å². The molecule has 0 saturated heterocycles. The molecule has 3 nitrogen and oxygen atoms in total. The second-order valence-electron chi connectivity index (χ2n) is 4.60. The SMILES string of the molecule is CCCNCc1ccnc(Oc2cccc(C)c2)c1. The maximum Gasteiger partial charge on any atom is 0.219 e. The van der Waals surface area contributed by atoms with Crippen molar-refractivity contribution in [2.45, 2.75) is 26.8 Å². The smallest absolute Gasteiger partial charge is 0.219 e. The van der Waals surface area contributed by atoms with Crippen LogP contribution in [-0.2, 0) is 6.54 Å². The van der Waals surface area contributed by atoms with Crippen molar-refractivity contribution in [3.63, 3.8) is 0 Å². The first-order chi connectivity index (χ1) is 9.28. The van der Waals surface area contributed by atoms with Crippen LogP contribution in [0.1, 0.15) is 24.5 Å². The Morgan fingerprint density at radius 2 is 2.11 bits per heavy atom. The van der Waals surface area contributed by atoms with E-state index in [9.17, 15) is 0 Å². The minimum Gasteiger partial charge on any atom is -0.439 e. The van der Waals surface area contributed by atoms with E-state index in [1.807, 2.05) is 43.3 Å². The molecule has 0 unspecified atom stereocenters. The fraction of sp³-hybridized carbons (Fsp3) is 0.312. The number of benzene rings is 1. The maximum absolute atomic E-state index is 5.77. The highest BCUT2D eigenvalue weighted by molar-refractivity contribution is 5.31. The van der Waals surface area contributed by atoms with Gasteiger partial charge in [-0.1, -0.05) is 19.1 Å². The van der Waals surface area contributed by atoms with Gasteiger partial charge in [-0.3, -0.25) is 0 Å². The number of hydrogen-bond acceptors (Lipinski definition) is 3. The Hall–Kier alpha value is -1.87. The predicted molar refractivity (Wildman–Crippen MR) is 77.5 cm³/mol. The molecular formula is C16H20N2O. The molecular weight excluding hydrogens is 236 g/mol. The summed E-state index contributed by atoms with van der Waals surface area (Å²) in [6.45, 7) is 6.08. The maximum atomic E-state index is 5.77. The summed E-state index contributed by atoms with van der Waals surface area (Å²) in [4.78, 5) is 4.24. The van der Waals surface area contributed by atoms with Crippen molar-refractivity contribution < 1.29 is 4.74 Å². The summed E-state index contributed by atoms with van der Waals surface area (Å²) >= 11 is 0. The first-order valence-corrected chi connectivity index (χ1v) is 6.68. The van der Waals surface area contributed by atoms with Crippen molar-refractivity contribution >= 4 is 0 Å². The molecule has 0 spiro atoms. The summed E-state index contributed by atoms with van der Waals surface area (Å²) in [5, 5.41) is 3.37. The molecule has 1 aromatic carbocycles. The minimum atomic E-state index is 0.640. The van der Waals surface area contributed by atoms with Gasteiger partial charge < -0.3 is 10.1 Å². The Morgan fingerprint density at radius 1 is 1.21 bits per heavy atom. The number of pyridine rings is 1. The number of hydrogen-bond donors (Lipinski definition) is 1. The monoisotopic (exact) mass is 256 g/mol. The van der Waals surface area contributed by atoms with E-state index < -0.39 is 0 Å². The van der Waals surface area contributed by atoms with Crippen molar-refractivity contribution in [1.29, 1.82) is 0 Å². The van der Waals surface area contributed by atoms with Gasteiger partial charge in [0.2, 0.25) is 5.88 Å². The lowest BCUT2D eigenvalue weighted by Gasteiger charge is -2.07. The molecule has 0 aliphatic heterocycles. The van der Waals surface area contributed by atoms with E-state index in [-0.39, 0.29) is 0 Å². The summed E-state index contributed by atoms with van der Waals surface area (Å²) in [6.07, 6.45) is 2.92. The molecule has 2 aromatic rings. The molecule has 1 aromatic heterocycles. The molecule has 3 heteroatoms. The number of rotatable bonds is 6. The van der Waals surface area contributed by atoms with E-state index in [2.05, 4.69) is 17.2 Å². The van der Waals surface area contributed by atoms with Crippen LogP contribution in [-0.4, -0.2) is 11.5 Å². The molecule has 0 aliphatic carbocycles. The minimum absolute atomic E-state index is 0.640. The zero-order valence-electron chi connectivity index (χ0n) is 11.5. The van der Waals surface area contributed by atoms with Crippen LogP contribution in [0.5, 0.6) is 11.6 Å². The fourth-order valence-electron chi connectivity index (χ4n) is 1.83. The lowest BCUT2D eigenvalue weighted by atomic mass is 10.2. The molecule has 0 fully saturated rings. The van der Waals surface area contributed by atoms with Crippen LogP contribution in [0.4, 0.5) is 0 Å². The third-order valence-electron chi connectivity index (χ3n) is 2.77. The van der Waals surface area contributed by atoms with Crippen molar-refractivity contribution in [1.82, 2.24) is 10.3 Å². The summed E-state index contributed by atoms with van der Waals surface area (Å²) < 4.78 is 5.77. The van der Waals surface area contributed by atoms with E-state index in [0.717, 1.165) is 25.3 Å². The van der Waals surface area contributed by atoms with E-state index >= 15 is 0 Å². The number of nitrogens with one attached hydrogen (secondary N) is 1. The van der Waals surface area contributed by atoms with Gasteiger partial charge >= 0.3 is 0 Å². The van der Waals surface area contributed by atoms with E-state index in [1.54, 1.807) is 6.20 Å². The summed E-state index contributed by atoms with van der Waals surface area (Å²) in [5.74, 6) is 1.47. The molecule has 2 rings (SSSR count). The molecule has 0 atom stereocenters. The second kappa shape index (κ2) is 6.90. The molecule has 100 valence electrons. The van der Waals surface area contributed by atoms with Gasteiger partial charge in [0.25, 0.3) is 0 Å². The zero-order chi connectivity index (χ0) is 13.5. The Bertz CT molecular complexity index is 526. The first-order valence-electron chi connectivity index (χ1n) is 6.68. The quantitative estimate of drug-likeness (QED) is 0.800. The first kappa shape index (κ1) is 13.6. The van der Waals surface area contributed by atoms with Crippen LogP contribution in [0, 0.1) is 6.92 Å². The van der Waals surface area contributed by atoms with Crippen LogP contribution in [0.25, 0.3) is 0 Å². The number of ether oxygens (including phenoxy) is 1. The van der Waals surface area contributed by atoms with Crippen LogP contribution >= 0.6 is 0 Å². The van der Waals surface area contributed by atoms with Gasteiger partial charge in [-0.25, -0.2) is 4.98 Å². The van der Waals surface area contributed by atoms with Gasteiger partial charge in [0.05, 0.1) is 0 Å². The summed E-state index contributed by atoms with van der Waals surface area (Å²) in [7, 11) is 0. The molecule has 1 N–H and O–H groups in total. The average Bonchev–Trinajstić information content (AvgIpc) is 2.39. The summed E-state index contributed by atoms with van der Waals surface area (Å²) in [5.41, 5.74) is 2.37. The molecule has 0 bridgehead atoms. The normalized spacial score (nSPS) is 10.4. The van der Waals surface area contributed by atoms with E-state index in [1.165, 1.54) is 11.1 Å². The third-order valence-corrected chi connectivity index (χ3v) is 2.77. The number of aryl methyl sites for hydroxylation is 1. The topological polar surface area (TPSA) is 34.2 Å². The Balaban J connectivity index is 2.02. The predicted octanol–water partition coefficient (Wildman–Crippen LogP) is 3.68. The van der Waals surface area contributed by atoms with E-state index in [4.69, 9.17) is 4.74 Å². The standard InChI is InChI=1S/C16H20N2O/c1-3-8-17-12-14-7-9-18-16(11-14)19-15-6-4-5-13(2)10-15/h4-7,9-11,17H,3,8,12H2,1-2H3. The highest BCUT2D eigenvalue weighted by Crippen LogP contribution is 2.20. The molecule has 0 saturated carbocycles. The van der Waals surface area contributed by atoms with Gasteiger partial charge in [0.1, 0.15) is 5.75 Å². The van der Waals surface area contributed by atoms with Gasteiger partial charge in [-0.05, 0) is 49.2 Å². The van der Waals surface area contributed by atoms with Crippen molar-refractivity contribution in [3.8, 4) is 11.6 Å². The third kappa shape index (κ3) is 4.38. The van der Waals surface area contributed by atoms with Crippen LogP contribution in [0.2, 0.25) is 0 Å². The van der Waals surface area contributed by atoms with Crippen LogP contribution in [0.15, 0.2) is 42.6 Å². The Labute approximate surface area is 114 Å². The molecule has 0 aliphatic rings. The van der Waals surface area contributed by atoms with Crippen molar-refractivity contribution in [2.24, 2.45) is 0 Å². The lowest BCUT2D eigenvalue weighted by molar-refractivity contribution is 0.461. The Morgan fingerprint density at radius 3 is 2.89 bits per heavy atom. The van der Waals surface area contributed by atoms with Crippen molar-refractivity contribution in [3.05, 3.63) is 53.7 Å². The summed E-state index contributed by atoms with van der Waals surface area (Å²) in [6, 6.07) is 12.0. The van der Waals surface area contributed by atoms with Gasteiger partial charge in [-0.2, -0.15) is 0 Å². The van der Waals surface area contributed by atoms with Gasteiger partial charge in [-0.15, -0.1) is 0 Å². The Kier molecular flexibility index (Phi) is 4.93. The highest BCUT2D eigenvalue weighted by atomic mass is 16.5. The molecule has 0 amide bonds. The van der Waals surface area contributed by atoms with Crippen molar-refractivity contribution in [2.75, 3.05) is 6.54 Å². The van der Waals surface area contributed by atoms with Gasteiger partial charge in [0.15, 0.2) is 0 Å². The fourth-order valence-corrected chi connectivity index (χ4v) is 1.83. The highest BCUT2D eigenvalue weighted by Gasteiger charge is 2.00. The largest absolute Gasteiger partial charge is 0.439 e. The van der Waals surface area contributed by atoms with Crippen LogP contribution in [0.3, 0.4) is 0 Å². The lowest BCUT2D eigenvalue weighted by Crippen LogP contribution is -2.13.